The molecule has 0 bridgehead atoms. The molecule has 4 N–H and O–H groups in total. The molecular weight excluding hydrogens is 688 g/mol. The molecule has 7 rings (SSSR count). The van der Waals surface area contributed by atoms with Crippen LogP contribution in [0.2, 0.25) is 0 Å². The Labute approximate surface area is 310 Å². The average Bonchev–Trinajstić information content (AvgIpc) is 3.85. The number of fused-ring (bicyclic) bond motifs is 2. The van der Waals surface area contributed by atoms with Gasteiger partial charge in [-0.1, -0.05) is 38.7 Å². The highest BCUT2D eigenvalue weighted by Gasteiger charge is 2.45. The third-order valence-electron chi connectivity index (χ3n) is 9.21. The normalized spacial score (nSPS) is 15.5. The van der Waals surface area contributed by atoms with Gasteiger partial charge in [-0.2, -0.15) is 5.10 Å². The number of nitrogens with zero attached hydrogens (tertiary/aromatic N) is 4. The van der Waals surface area contributed by atoms with E-state index in [1.54, 1.807) is 24.5 Å². The molecule has 2 aliphatic rings. The van der Waals surface area contributed by atoms with Crippen molar-refractivity contribution in [1.82, 2.24) is 30.0 Å². The summed E-state index contributed by atoms with van der Waals surface area (Å²) in [5.74, 6) is 5.07. The Balaban J connectivity index is 0.887. The highest BCUT2D eigenvalue weighted by atomic mass is 16.5. The monoisotopic (exact) mass is 726 g/mol. The number of hydrogen-bond donors (Lipinski definition) is 4. The van der Waals surface area contributed by atoms with Gasteiger partial charge in [0.15, 0.2) is 5.82 Å². The zero-order valence-corrected chi connectivity index (χ0v) is 30.0. The van der Waals surface area contributed by atoms with Gasteiger partial charge in [0, 0.05) is 53.0 Å². The van der Waals surface area contributed by atoms with Crippen molar-refractivity contribution in [2.45, 2.75) is 64.3 Å². The molecule has 1 unspecified atom stereocenters. The molecule has 0 spiro atoms. The number of hydrogen-bond acceptors (Lipinski definition) is 8. The lowest BCUT2D eigenvalue weighted by molar-refractivity contribution is -0.136. The number of amides is 6. The number of imidazole rings is 1. The minimum absolute atomic E-state index is 0.0604. The van der Waals surface area contributed by atoms with E-state index in [0.717, 1.165) is 40.2 Å². The van der Waals surface area contributed by atoms with Crippen LogP contribution in [0.5, 0.6) is 5.75 Å². The number of unbranched alkanes of at least 4 members (excludes halogenated alkanes) is 2. The molecule has 1 atom stereocenters. The number of piperidine rings is 1. The molecule has 14 nitrogen and oxygen atoms in total. The molecule has 4 heterocycles. The minimum Gasteiger partial charge on any atom is -0.494 e. The number of urea groups is 1. The second-order valence-electron chi connectivity index (χ2n) is 14.1. The van der Waals surface area contributed by atoms with Gasteiger partial charge in [-0.15, -0.1) is 0 Å². The van der Waals surface area contributed by atoms with E-state index in [9.17, 15) is 24.0 Å². The SMILES string of the molecule is CC(C)(C)c1cc(NC(=O)Nc2ccc(-n3cnc4cc(OCCCCC#Cc5cccc6c5C(=O)N(C5CCC(=O)NC5=O)C6=O)ccc43)cc2)n[nH]1. The standard InChI is InChI=1S/C40H38N8O6/c1-40(2,3)32-22-33(46-45-32)43-39(53)42-25-12-14-26(15-13-25)47-23-41-29-21-27(16-17-30(29)47)54-20-7-5-4-6-9-24-10-8-11-28-35(24)38(52)48(37(28)51)31-18-19-34(49)44-36(31)50/h8,10-17,21-23,31H,4-5,7,18-20H2,1-3H3,(H,44,49,50)(H3,42,43,45,46,53). The maximum absolute atomic E-state index is 13.3. The molecule has 0 aliphatic carbocycles. The summed E-state index contributed by atoms with van der Waals surface area (Å²) in [4.78, 5) is 68.3. The Morgan fingerprint density at radius 3 is 2.56 bits per heavy atom. The van der Waals surface area contributed by atoms with Gasteiger partial charge in [-0.3, -0.25) is 44.4 Å². The fraction of sp³-hybridized carbons (Fsp3) is 0.275. The van der Waals surface area contributed by atoms with Gasteiger partial charge in [0.1, 0.15) is 18.1 Å². The Kier molecular flexibility index (Phi) is 9.71. The zero-order valence-electron chi connectivity index (χ0n) is 30.0. The van der Waals surface area contributed by atoms with Gasteiger partial charge in [-0.25, -0.2) is 9.78 Å². The van der Waals surface area contributed by atoms with E-state index in [-0.39, 0.29) is 29.4 Å². The average molecular weight is 727 g/mol. The minimum atomic E-state index is -1.02. The van der Waals surface area contributed by atoms with Gasteiger partial charge >= 0.3 is 6.03 Å². The second-order valence-corrected chi connectivity index (χ2v) is 14.1. The van der Waals surface area contributed by atoms with Crippen LogP contribution in [0.25, 0.3) is 16.7 Å². The van der Waals surface area contributed by atoms with Crippen molar-refractivity contribution in [2.75, 3.05) is 17.2 Å². The third kappa shape index (κ3) is 7.42. The number of anilines is 2. The largest absolute Gasteiger partial charge is 0.494 e. The van der Waals surface area contributed by atoms with E-state index in [1.807, 2.05) is 53.1 Å². The number of nitrogens with one attached hydrogen (secondary N) is 4. The lowest BCUT2D eigenvalue weighted by Crippen LogP contribution is -2.54. The van der Waals surface area contributed by atoms with Crippen LogP contribution in [0.4, 0.5) is 16.3 Å². The number of carbonyl (C=O) groups is 5. The molecule has 5 aromatic rings. The number of imide groups is 2. The molecule has 1 saturated heterocycles. The van der Waals surface area contributed by atoms with Crippen LogP contribution < -0.4 is 20.7 Å². The first-order chi connectivity index (χ1) is 26.0. The number of benzene rings is 3. The molecule has 3 aromatic carbocycles. The topological polar surface area (TPSA) is 180 Å². The second kappa shape index (κ2) is 14.7. The van der Waals surface area contributed by atoms with E-state index in [4.69, 9.17) is 4.74 Å². The molecule has 2 aliphatic heterocycles. The van der Waals surface area contributed by atoms with Crippen LogP contribution in [0.1, 0.15) is 84.8 Å². The molecule has 6 amide bonds. The summed E-state index contributed by atoms with van der Waals surface area (Å²) in [7, 11) is 0. The van der Waals surface area contributed by atoms with Gasteiger partial charge in [0.25, 0.3) is 11.8 Å². The summed E-state index contributed by atoms with van der Waals surface area (Å²) in [6.45, 7) is 6.66. The first-order valence-electron chi connectivity index (χ1n) is 17.6. The Hall–Kier alpha value is -6.75. The van der Waals surface area contributed by atoms with Crippen LogP contribution in [0.3, 0.4) is 0 Å². The van der Waals surface area contributed by atoms with E-state index in [0.29, 0.717) is 35.8 Å². The molecule has 54 heavy (non-hydrogen) atoms. The van der Waals surface area contributed by atoms with Crippen molar-refractivity contribution in [1.29, 1.82) is 0 Å². The number of aromatic nitrogens is 4. The maximum Gasteiger partial charge on any atom is 0.324 e. The highest BCUT2D eigenvalue weighted by molar-refractivity contribution is 6.24. The summed E-state index contributed by atoms with van der Waals surface area (Å²) < 4.78 is 7.94. The van der Waals surface area contributed by atoms with Crippen LogP contribution in [-0.4, -0.2) is 67.0 Å². The quantitative estimate of drug-likeness (QED) is 0.0849. The lowest BCUT2D eigenvalue weighted by atomic mass is 9.92. The summed E-state index contributed by atoms with van der Waals surface area (Å²) in [5, 5.41) is 14.9. The smallest absolute Gasteiger partial charge is 0.324 e. The van der Waals surface area contributed by atoms with Crippen molar-refractivity contribution < 1.29 is 28.7 Å². The Morgan fingerprint density at radius 2 is 1.80 bits per heavy atom. The van der Waals surface area contributed by atoms with E-state index in [1.165, 1.54) is 0 Å². The molecule has 2 aromatic heterocycles. The third-order valence-corrected chi connectivity index (χ3v) is 9.21. The maximum atomic E-state index is 13.3. The molecule has 14 heteroatoms. The molecule has 274 valence electrons. The summed E-state index contributed by atoms with van der Waals surface area (Å²) >= 11 is 0. The van der Waals surface area contributed by atoms with Crippen molar-refractivity contribution in [3.8, 4) is 23.3 Å². The fourth-order valence-electron chi connectivity index (χ4n) is 6.32. The van der Waals surface area contributed by atoms with Crippen molar-refractivity contribution in [3.63, 3.8) is 0 Å². The summed E-state index contributed by atoms with van der Waals surface area (Å²) in [6.07, 6.45) is 3.95. The van der Waals surface area contributed by atoms with E-state index in [2.05, 4.69) is 63.7 Å². The number of rotatable bonds is 9. The van der Waals surface area contributed by atoms with Crippen LogP contribution in [0.15, 0.2) is 73.1 Å². The number of aromatic amines is 1. The van der Waals surface area contributed by atoms with Gasteiger partial charge in [0.05, 0.1) is 28.8 Å². The van der Waals surface area contributed by atoms with Crippen molar-refractivity contribution in [2.24, 2.45) is 0 Å². The zero-order chi connectivity index (χ0) is 38.0. The number of ether oxygens (including phenoxy) is 1. The van der Waals surface area contributed by atoms with Gasteiger partial charge in [0.2, 0.25) is 11.8 Å². The van der Waals surface area contributed by atoms with E-state index >= 15 is 0 Å². The van der Waals surface area contributed by atoms with Crippen LogP contribution >= 0.6 is 0 Å². The van der Waals surface area contributed by atoms with Crippen molar-refractivity contribution in [3.05, 3.63) is 95.4 Å². The highest BCUT2D eigenvalue weighted by Crippen LogP contribution is 2.30. The van der Waals surface area contributed by atoms with Gasteiger partial charge in [-0.05, 0) is 67.8 Å². The first-order valence-corrected chi connectivity index (χ1v) is 17.6. The van der Waals surface area contributed by atoms with Crippen LogP contribution in [0, 0.1) is 11.8 Å². The number of H-pyrrole nitrogens is 1. The number of carbonyl (C=O) groups excluding carboxylic acids is 5. The molecule has 0 radical (unpaired) electrons. The lowest BCUT2D eigenvalue weighted by Gasteiger charge is -2.27. The molecular formula is C40H38N8O6. The predicted octanol–water partition coefficient (Wildman–Crippen LogP) is 5.69. The van der Waals surface area contributed by atoms with Crippen molar-refractivity contribution >= 4 is 52.2 Å². The fourth-order valence-corrected chi connectivity index (χ4v) is 6.32. The first kappa shape index (κ1) is 35.6. The molecule has 1 fully saturated rings. The van der Waals surface area contributed by atoms with Crippen LogP contribution in [-0.2, 0) is 15.0 Å². The van der Waals surface area contributed by atoms with E-state index < -0.39 is 35.7 Å². The Bertz CT molecular complexity index is 2360. The summed E-state index contributed by atoms with van der Waals surface area (Å²) in [6, 6.07) is 18.5. The summed E-state index contributed by atoms with van der Waals surface area (Å²) in [5.41, 5.74) is 4.82. The Morgan fingerprint density at radius 1 is 0.981 bits per heavy atom. The van der Waals surface area contributed by atoms with Gasteiger partial charge < -0.3 is 10.1 Å². The molecule has 0 saturated carbocycles. The predicted molar refractivity (Wildman–Crippen MR) is 200 cm³/mol.